The van der Waals surface area contributed by atoms with E-state index in [1.165, 1.54) is 6.07 Å². The van der Waals surface area contributed by atoms with Gasteiger partial charge in [0.05, 0.1) is 28.0 Å². The van der Waals surface area contributed by atoms with Crippen LogP contribution < -0.4 is 0 Å². The predicted molar refractivity (Wildman–Crippen MR) is 112 cm³/mol. The Morgan fingerprint density at radius 2 is 1.83 bits per heavy atom. The highest BCUT2D eigenvalue weighted by atomic mass is 32.1. The standard InChI is InChI=1S/C21H13FN6S/c22-19-4-3-18(29-19)21-14-8-17(26-15(14)5-6-23-21)20-13-7-11(12-9-24-25-10-12)1-2-16(13)27-28-20/h1-10,26H,(H,24,25)(H,27,28). The molecular formula is C21H13FN6S. The van der Waals surface area contributed by atoms with E-state index in [4.69, 9.17) is 0 Å². The molecule has 3 N–H and O–H groups in total. The van der Waals surface area contributed by atoms with Crippen LogP contribution >= 0.6 is 11.3 Å². The van der Waals surface area contributed by atoms with E-state index in [0.717, 1.165) is 66.2 Å². The van der Waals surface area contributed by atoms with Crippen LogP contribution in [0, 0.1) is 5.13 Å². The third-order valence-electron chi connectivity index (χ3n) is 5.00. The Balaban J connectivity index is 1.53. The number of hydrogen-bond donors (Lipinski definition) is 3. The summed E-state index contributed by atoms with van der Waals surface area (Å²) in [6.45, 7) is 0. The number of H-pyrrole nitrogens is 3. The summed E-state index contributed by atoms with van der Waals surface area (Å²) < 4.78 is 13.5. The number of thiophene rings is 1. The van der Waals surface area contributed by atoms with Crippen LogP contribution in [0.25, 0.3) is 54.9 Å². The fraction of sp³-hybridized carbons (Fsp3) is 0. The Labute approximate surface area is 167 Å². The maximum atomic E-state index is 13.5. The Bertz CT molecular complexity index is 1470. The monoisotopic (exact) mass is 400 g/mol. The summed E-state index contributed by atoms with van der Waals surface area (Å²) in [5, 5.41) is 16.2. The summed E-state index contributed by atoms with van der Waals surface area (Å²) in [5.74, 6) is 0. The molecular weight excluding hydrogens is 387 g/mol. The highest BCUT2D eigenvalue weighted by Gasteiger charge is 2.15. The maximum absolute atomic E-state index is 13.5. The molecule has 0 aliphatic heterocycles. The molecule has 0 fully saturated rings. The number of pyridine rings is 1. The summed E-state index contributed by atoms with van der Waals surface area (Å²) in [6, 6.07) is 13.3. The summed E-state index contributed by atoms with van der Waals surface area (Å²) in [7, 11) is 0. The average Bonchev–Trinajstić information content (AvgIpc) is 3.51. The number of nitrogens with one attached hydrogen (secondary N) is 3. The van der Waals surface area contributed by atoms with Crippen LogP contribution in [0.3, 0.4) is 0 Å². The third-order valence-corrected chi connectivity index (χ3v) is 5.88. The van der Waals surface area contributed by atoms with Crippen molar-refractivity contribution in [3.63, 3.8) is 0 Å². The van der Waals surface area contributed by atoms with Crippen LogP contribution in [0.15, 0.2) is 61.1 Å². The number of fused-ring (bicyclic) bond motifs is 2. The first kappa shape index (κ1) is 16.2. The Morgan fingerprint density at radius 3 is 2.66 bits per heavy atom. The smallest absolute Gasteiger partial charge is 0.177 e. The highest BCUT2D eigenvalue weighted by Crippen LogP contribution is 2.35. The lowest BCUT2D eigenvalue weighted by molar-refractivity contribution is 0.657. The van der Waals surface area contributed by atoms with Crippen LogP contribution in [-0.2, 0) is 0 Å². The second-order valence-electron chi connectivity index (χ2n) is 6.73. The van der Waals surface area contributed by atoms with Gasteiger partial charge in [0.15, 0.2) is 5.13 Å². The molecule has 0 unspecified atom stereocenters. The van der Waals surface area contributed by atoms with Crippen molar-refractivity contribution in [2.45, 2.75) is 0 Å². The summed E-state index contributed by atoms with van der Waals surface area (Å²) >= 11 is 1.09. The van der Waals surface area contributed by atoms with Crippen molar-refractivity contribution in [2.75, 3.05) is 0 Å². The van der Waals surface area contributed by atoms with E-state index in [1.54, 1.807) is 18.5 Å². The quantitative estimate of drug-likeness (QED) is 0.374. The molecule has 0 saturated carbocycles. The van der Waals surface area contributed by atoms with Crippen molar-refractivity contribution in [1.29, 1.82) is 0 Å². The van der Waals surface area contributed by atoms with E-state index in [0.29, 0.717) is 0 Å². The summed E-state index contributed by atoms with van der Waals surface area (Å²) in [6.07, 6.45) is 5.39. The van der Waals surface area contributed by atoms with E-state index >= 15 is 0 Å². The normalized spacial score (nSPS) is 11.6. The second kappa shape index (κ2) is 6.11. The topological polar surface area (TPSA) is 86.0 Å². The third kappa shape index (κ3) is 2.57. The van der Waals surface area contributed by atoms with Gasteiger partial charge in [0.25, 0.3) is 0 Å². The molecule has 0 saturated heterocycles. The van der Waals surface area contributed by atoms with Gasteiger partial charge < -0.3 is 4.98 Å². The number of nitrogens with zero attached hydrogens (tertiary/aromatic N) is 3. The molecule has 0 amide bonds. The van der Waals surface area contributed by atoms with Crippen LogP contribution in [0.5, 0.6) is 0 Å². The minimum absolute atomic E-state index is 0.223. The van der Waals surface area contributed by atoms with E-state index in [-0.39, 0.29) is 5.13 Å². The van der Waals surface area contributed by atoms with Gasteiger partial charge in [0.2, 0.25) is 0 Å². The molecule has 0 aliphatic rings. The minimum Gasteiger partial charge on any atom is -0.353 e. The lowest BCUT2D eigenvalue weighted by Crippen LogP contribution is -1.80. The molecule has 29 heavy (non-hydrogen) atoms. The first-order chi connectivity index (χ1) is 14.3. The fourth-order valence-corrected chi connectivity index (χ4v) is 4.37. The minimum atomic E-state index is -0.223. The SMILES string of the molecule is Fc1ccc(-c2nccc3[nH]c(-c4n[nH]c5ccc(-c6cn[nH]c6)cc45)cc23)s1. The van der Waals surface area contributed by atoms with E-state index in [2.05, 4.69) is 36.4 Å². The number of benzene rings is 1. The molecule has 0 spiro atoms. The van der Waals surface area contributed by atoms with Gasteiger partial charge in [-0.2, -0.15) is 14.6 Å². The van der Waals surface area contributed by atoms with Crippen molar-refractivity contribution < 1.29 is 4.39 Å². The van der Waals surface area contributed by atoms with Gasteiger partial charge >= 0.3 is 0 Å². The van der Waals surface area contributed by atoms with Crippen LogP contribution in [-0.4, -0.2) is 30.4 Å². The number of hydrogen-bond acceptors (Lipinski definition) is 4. The van der Waals surface area contributed by atoms with Crippen molar-refractivity contribution in [1.82, 2.24) is 30.4 Å². The van der Waals surface area contributed by atoms with E-state index in [1.807, 2.05) is 30.5 Å². The Morgan fingerprint density at radius 1 is 0.897 bits per heavy atom. The van der Waals surface area contributed by atoms with Crippen LogP contribution in [0.1, 0.15) is 0 Å². The molecule has 5 aromatic heterocycles. The van der Waals surface area contributed by atoms with Gasteiger partial charge in [0, 0.05) is 34.2 Å². The molecule has 0 bridgehead atoms. The van der Waals surface area contributed by atoms with Crippen molar-refractivity contribution in [3.05, 3.63) is 66.2 Å². The second-order valence-corrected chi connectivity index (χ2v) is 7.76. The lowest BCUT2D eigenvalue weighted by atomic mass is 10.1. The van der Waals surface area contributed by atoms with Gasteiger partial charge in [0.1, 0.15) is 5.69 Å². The molecule has 6 aromatic rings. The fourth-order valence-electron chi connectivity index (χ4n) is 3.63. The Kier molecular flexibility index (Phi) is 3.41. The van der Waals surface area contributed by atoms with E-state index in [9.17, 15) is 4.39 Å². The molecule has 0 radical (unpaired) electrons. The zero-order chi connectivity index (χ0) is 19.4. The molecule has 0 aliphatic carbocycles. The highest BCUT2D eigenvalue weighted by molar-refractivity contribution is 7.13. The van der Waals surface area contributed by atoms with Gasteiger partial charge in [-0.15, -0.1) is 11.3 Å². The van der Waals surface area contributed by atoms with Crippen LogP contribution in [0.4, 0.5) is 4.39 Å². The average molecular weight is 400 g/mol. The number of rotatable bonds is 3. The summed E-state index contributed by atoms with van der Waals surface area (Å²) in [4.78, 5) is 8.71. The first-order valence-corrected chi connectivity index (χ1v) is 9.79. The molecule has 0 atom stereocenters. The molecule has 8 heteroatoms. The molecule has 6 nitrogen and oxygen atoms in total. The number of aromatic amines is 3. The van der Waals surface area contributed by atoms with Gasteiger partial charge in [-0.1, -0.05) is 6.07 Å². The van der Waals surface area contributed by atoms with Crippen molar-refractivity contribution in [2.24, 2.45) is 0 Å². The van der Waals surface area contributed by atoms with Crippen molar-refractivity contribution in [3.8, 4) is 33.1 Å². The van der Waals surface area contributed by atoms with Gasteiger partial charge in [-0.05, 0) is 42.0 Å². The largest absolute Gasteiger partial charge is 0.353 e. The maximum Gasteiger partial charge on any atom is 0.177 e. The Hall–Kier alpha value is -3.78. The van der Waals surface area contributed by atoms with Gasteiger partial charge in [-0.25, -0.2) is 0 Å². The van der Waals surface area contributed by atoms with Gasteiger partial charge in [-0.3, -0.25) is 15.2 Å². The zero-order valence-corrected chi connectivity index (χ0v) is 15.7. The molecule has 6 rings (SSSR count). The predicted octanol–water partition coefficient (Wildman–Crippen LogP) is 5.36. The molecule has 5 heterocycles. The van der Waals surface area contributed by atoms with Crippen LogP contribution in [0.2, 0.25) is 0 Å². The van der Waals surface area contributed by atoms with E-state index < -0.39 is 0 Å². The number of aromatic nitrogens is 6. The van der Waals surface area contributed by atoms with Crippen molar-refractivity contribution >= 4 is 33.1 Å². The first-order valence-electron chi connectivity index (χ1n) is 8.97. The zero-order valence-electron chi connectivity index (χ0n) is 14.9. The number of halogens is 1. The lowest BCUT2D eigenvalue weighted by Gasteiger charge is -1.99. The molecule has 1 aromatic carbocycles. The molecule has 140 valence electrons. The summed E-state index contributed by atoms with van der Waals surface area (Å²) in [5.41, 5.74) is 6.42.